The van der Waals surface area contributed by atoms with Gasteiger partial charge in [0, 0.05) is 6.07 Å². The molecule has 0 aliphatic carbocycles. The molecule has 8 heteroatoms. The first kappa shape index (κ1) is 14.2. The molecule has 0 bridgehead atoms. The fourth-order valence-corrected chi connectivity index (χ4v) is 2.35. The molecule has 0 saturated carbocycles. The summed E-state index contributed by atoms with van der Waals surface area (Å²) in [5, 5.41) is 4.33. The predicted molar refractivity (Wildman–Crippen MR) is 83.7 cm³/mol. The molecule has 0 radical (unpaired) electrons. The third kappa shape index (κ3) is 2.43. The molecule has 0 fully saturated rings. The van der Waals surface area contributed by atoms with Crippen LogP contribution in [0.5, 0.6) is 5.75 Å². The zero-order valence-electron chi connectivity index (χ0n) is 12.7. The van der Waals surface area contributed by atoms with Gasteiger partial charge >= 0.3 is 0 Å². The van der Waals surface area contributed by atoms with Gasteiger partial charge in [0.05, 0.1) is 30.6 Å². The number of hydrogen-bond acceptors (Lipinski definition) is 7. The molecular formula is C16H12N4O4. The Labute approximate surface area is 135 Å². The van der Waals surface area contributed by atoms with Crippen LogP contribution in [0.25, 0.3) is 22.5 Å². The summed E-state index contributed by atoms with van der Waals surface area (Å²) in [4.78, 5) is 21.0. The summed E-state index contributed by atoms with van der Waals surface area (Å²) in [7, 11) is 1.56. The lowest BCUT2D eigenvalue weighted by molar-refractivity contribution is 0.368. The molecule has 3 heterocycles. The maximum absolute atomic E-state index is 12.5. The molecule has 4 rings (SSSR count). The number of ether oxygens (including phenoxy) is 1. The van der Waals surface area contributed by atoms with Crippen LogP contribution >= 0.6 is 0 Å². The zero-order chi connectivity index (χ0) is 16.5. The Hall–Kier alpha value is -3.42. The van der Waals surface area contributed by atoms with Crippen molar-refractivity contribution in [3.8, 4) is 17.3 Å². The Balaban J connectivity index is 1.67. The number of benzene rings is 1. The van der Waals surface area contributed by atoms with Gasteiger partial charge in [-0.05, 0) is 24.3 Å². The van der Waals surface area contributed by atoms with E-state index in [1.165, 1.54) is 17.2 Å². The lowest BCUT2D eigenvalue weighted by Crippen LogP contribution is -2.21. The Bertz CT molecular complexity index is 1050. The molecule has 0 atom stereocenters. The largest absolute Gasteiger partial charge is 0.497 e. The minimum absolute atomic E-state index is 0.126. The maximum Gasteiger partial charge on any atom is 0.261 e. The summed E-state index contributed by atoms with van der Waals surface area (Å²) in [6, 6.07) is 8.57. The molecule has 0 aliphatic rings. The summed E-state index contributed by atoms with van der Waals surface area (Å²) in [5.41, 5.74) is 0.373. The van der Waals surface area contributed by atoms with Gasteiger partial charge in [0.1, 0.15) is 12.3 Å². The monoisotopic (exact) mass is 324 g/mol. The Morgan fingerprint density at radius 3 is 3.00 bits per heavy atom. The smallest absolute Gasteiger partial charge is 0.261 e. The SMILES string of the molecule is COc1ccc2c(=O)n(Cc3nc(-c4ccco4)no3)cnc2c1. The second-order valence-corrected chi connectivity index (χ2v) is 5.05. The molecular weight excluding hydrogens is 312 g/mol. The van der Waals surface area contributed by atoms with Crippen molar-refractivity contribution in [2.24, 2.45) is 0 Å². The number of fused-ring (bicyclic) bond motifs is 1. The topological polar surface area (TPSA) is 96.2 Å². The molecule has 3 aromatic heterocycles. The minimum atomic E-state index is -0.194. The molecule has 0 N–H and O–H groups in total. The highest BCUT2D eigenvalue weighted by Gasteiger charge is 2.13. The minimum Gasteiger partial charge on any atom is -0.497 e. The first-order valence-corrected chi connectivity index (χ1v) is 7.14. The van der Waals surface area contributed by atoms with Crippen LogP contribution in [0.3, 0.4) is 0 Å². The van der Waals surface area contributed by atoms with Crippen molar-refractivity contribution in [2.45, 2.75) is 6.54 Å². The first-order chi connectivity index (χ1) is 11.7. The van der Waals surface area contributed by atoms with Crippen LogP contribution in [-0.2, 0) is 6.54 Å². The van der Waals surface area contributed by atoms with E-state index in [-0.39, 0.29) is 18.0 Å². The normalized spacial score (nSPS) is 11.0. The van der Waals surface area contributed by atoms with E-state index in [9.17, 15) is 4.79 Å². The molecule has 4 aromatic rings. The molecule has 24 heavy (non-hydrogen) atoms. The molecule has 0 amide bonds. The van der Waals surface area contributed by atoms with Gasteiger partial charge in [-0.15, -0.1) is 0 Å². The fourth-order valence-electron chi connectivity index (χ4n) is 2.35. The van der Waals surface area contributed by atoms with E-state index in [1.54, 1.807) is 37.4 Å². The van der Waals surface area contributed by atoms with E-state index >= 15 is 0 Å². The van der Waals surface area contributed by atoms with E-state index < -0.39 is 0 Å². The molecule has 0 spiro atoms. The molecule has 120 valence electrons. The maximum atomic E-state index is 12.5. The molecule has 1 aromatic carbocycles. The van der Waals surface area contributed by atoms with E-state index in [0.29, 0.717) is 28.2 Å². The van der Waals surface area contributed by atoms with E-state index in [2.05, 4.69) is 15.1 Å². The van der Waals surface area contributed by atoms with E-state index in [1.807, 2.05) is 0 Å². The standard InChI is InChI=1S/C16H12N4O4/c1-22-10-4-5-11-12(7-10)17-9-20(16(11)21)8-14-18-15(19-24-14)13-3-2-6-23-13/h2-7,9H,8H2,1H3. The highest BCUT2D eigenvalue weighted by atomic mass is 16.5. The van der Waals surface area contributed by atoms with Crippen molar-refractivity contribution >= 4 is 10.9 Å². The number of furan rings is 1. The van der Waals surface area contributed by atoms with E-state index in [4.69, 9.17) is 13.7 Å². The van der Waals surface area contributed by atoms with Crippen molar-refractivity contribution in [2.75, 3.05) is 7.11 Å². The van der Waals surface area contributed by atoms with Crippen LogP contribution in [0.4, 0.5) is 0 Å². The fraction of sp³-hybridized carbons (Fsp3) is 0.125. The van der Waals surface area contributed by atoms with Gasteiger partial charge in [-0.2, -0.15) is 4.98 Å². The average molecular weight is 324 g/mol. The third-order valence-electron chi connectivity index (χ3n) is 3.55. The Morgan fingerprint density at radius 1 is 1.29 bits per heavy atom. The van der Waals surface area contributed by atoms with Gasteiger partial charge < -0.3 is 13.7 Å². The van der Waals surface area contributed by atoms with Crippen molar-refractivity contribution in [1.29, 1.82) is 0 Å². The molecule has 0 unspecified atom stereocenters. The highest BCUT2D eigenvalue weighted by Crippen LogP contribution is 2.17. The lowest BCUT2D eigenvalue weighted by atomic mass is 10.2. The van der Waals surface area contributed by atoms with Crippen LogP contribution in [0.1, 0.15) is 5.89 Å². The van der Waals surface area contributed by atoms with Crippen LogP contribution < -0.4 is 10.3 Å². The summed E-state index contributed by atoms with van der Waals surface area (Å²) in [5.74, 6) is 1.77. The van der Waals surface area contributed by atoms with Crippen molar-refractivity contribution < 1.29 is 13.7 Å². The molecule has 0 aliphatic heterocycles. The second kappa shape index (κ2) is 5.65. The average Bonchev–Trinajstić information content (AvgIpc) is 3.28. The van der Waals surface area contributed by atoms with Gasteiger partial charge in [-0.25, -0.2) is 4.98 Å². The van der Waals surface area contributed by atoms with Crippen molar-refractivity contribution in [1.82, 2.24) is 19.7 Å². The molecule has 0 saturated heterocycles. The Kier molecular flexibility index (Phi) is 3.34. The molecule has 8 nitrogen and oxygen atoms in total. The number of aromatic nitrogens is 4. The summed E-state index contributed by atoms with van der Waals surface area (Å²) in [6.07, 6.45) is 2.97. The number of rotatable bonds is 4. The number of methoxy groups -OCH3 is 1. The highest BCUT2D eigenvalue weighted by molar-refractivity contribution is 5.78. The van der Waals surface area contributed by atoms with Crippen LogP contribution in [-0.4, -0.2) is 26.8 Å². The Morgan fingerprint density at radius 2 is 2.21 bits per heavy atom. The van der Waals surface area contributed by atoms with Gasteiger partial charge in [0.15, 0.2) is 5.76 Å². The first-order valence-electron chi connectivity index (χ1n) is 7.14. The summed E-state index contributed by atoms with van der Waals surface area (Å²) < 4.78 is 16.9. The summed E-state index contributed by atoms with van der Waals surface area (Å²) in [6.45, 7) is 0.126. The van der Waals surface area contributed by atoms with Gasteiger partial charge in [0.2, 0.25) is 11.7 Å². The lowest BCUT2D eigenvalue weighted by Gasteiger charge is -2.05. The van der Waals surface area contributed by atoms with Crippen LogP contribution in [0.2, 0.25) is 0 Å². The number of hydrogen-bond donors (Lipinski definition) is 0. The number of nitrogens with zero attached hydrogens (tertiary/aromatic N) is 4. The van der Waals surface area contributed by atoms with Crippen molar-refractivity contribution in [3.05, 3.63) is 59.2 Å². The van der Waals surface area contributed by atoms with Gasteiger partial charge in [-0.1, -0.05) is 5.16 Å². The quantitative estimate of drug-likeness (QED) is 0.567. The third-order valence-corrected chi connectivity index (χ3v) is 3.55. The van der Waals surface area contributed by atoms with Crippen LogP contribution in [0.15, 0.2) is 56.7 Å². The van der Waals surface area contributed by atoms with Gasteiger partial charge in [-0.3, -0.25) is 9.36 Å². The van der Waals surface area contributed by atoms with Crippen LogP contribution in [0, 0.1) is 0 Å². The summed E-state index contributed by atoms with van der Waals surface area (Å²) >= 11 is 0. The second-order valence-electron chi connectivity index (χ2n) is 5.05. The predicted octanol–water partition coefficient (Wildman–Crippen LogP) is 2.10. The van der Waals surface area contributed by atoms with Gasteiger partial charge in [0.25, 0.3) is 5.56 Å². The van der Waals surface area contributed by atoms with Crippen molar-refractivity contribution in [3.63, 3.8) is 0 Å². The van der Waals surface area contributed by atoms with E-state index in [0.717, 1.165) is 0 Å². The zero-order valence-corrected chi connectivity index (χ0v) is 12.7.